The molecule has 1 N–H and O–H groups in total. The van der Waals surface area contributed by atoms with Crippen molar-refractivity contribution in [3.05, 3.63) is 52.9 Å². The lowest BCUT2D eigenvalue weighted by Crippen LogP contribution is -2.35. The van der Waals surface area contributed by atoms with Gasteiger partial charge in [0, 0.05) is 18.1 Å². The molecule has 0 spiro atoms. The summed E-state index contributed by atoms with van der Waals surface area (Å²) in [5, 5.41) is 7.24. The molecule has 0 radical (unpaired) electrons. The smallest absolute Gasteiger partial charge is 0.273 e. The largest absolute Gasteiger partial charge is 0.497 e. The highest BCUT2D eigenvalue weighted by Crippen LogP contribution is 2.28. The van der Waals surface area contributed by atoms with E-state index in [1.807, 2.05) is 17.5 Å². The van der Waals surface area contributed by atoms with Crippen molar-refractivity contribution in [2.24, 2.45) is 0 Å². The number of aromatic nitrogens is 1. The van der Waals surface area contributed by atoms with E-state index in [9.17, 15) is 9.59 Å². The van der Waals surface area contributed by atoms with Gasteiger partial charge in [-0.05, 0) is 35.7 Å². The number of thiazole rings is 1. The molecule has 0 aliphatic carbocycles. The summed E-state index contributed by atoms with van der Waals surface area (Å²) >= 11 is 2.99. The molecule has 2 amide bonds. The zero-order chi connectivity index (χ0) is 18.5. The van der Waals surface area contributed by atoms with Crippen LogP contribution in [0.3, 0.4) is 0 Å². The van der Waals surface area contributed by atoms with Crippen molar-refractivity contribution in [1.82, 2.24) is 9.88 Å². The summed E-state index contributed by atoms with van der Waals surface area (Å²) in [4.78, 5) is 31.4. The highest BCUT2D eigenvalue weighted by molar-refractivity contribution is 7.20. The van der Waals surface area contributed by atoms with Gasteiger partial charge in [-0.3, -0.25) is 9.59 Å². The van der Waals surface area contributed by atoms with Crippen molar-refractivity contribution in [1.29, 1.82) is 0 Å². The number of thiophene rings is 1. The number of hydrogen-bond acceptors (Lipinski definition) is 6. The van der Waals surface area contributed by atoms with Crippen molar-refractivity contribution >= 4 is 40.2 Å². The Morgan fingerprint density at radius 3 is 2.62 bits per heavy atom. The Morgan fingerprint density at radius 1 is 1.19 bits per heavy atom. The van der Waals surface area contributed by atoms with Crippen molar-refractivity contribution in [2.75, 3.05) is 26.0 Å². The van der Waals surface area contributed by atoms with Gasteiger partial charge in [0.1, 0.15) is 16.5 Å². The van der Waals surface area contributed by atoms with Crippen molar-refractivity contribution in [3.8, 4) is 15.6 Å². The molecule has 8 heteroatoms. The summed E-state index contributed by atoms with van der Waals surface area (Å²) in [7, 11) is 3.16. The summed E-state index contributed by atoms with van der Waals surface area (Å²) < 4.78 is 5.08. The number of ether oxygens (including phenoxy) is 1. The van der Waals surface area contributed by atoms with Crippen LogP contribution in [0.5, 0.6) is 5.75 Å². The van der Waals surface area contributed by atoms with Gasteiger partial charge in [-0.25, -0.2) is 4.98 Å². The third-order valence-electron chi connectivity index (χ3n) is 3.56. The average molecular weight is 387 g/mol. The number of carbonyl (C=O) groups is 2. The second-order valence-corrected chi connectivity index (χ2v) is 7.26. The molecule has 0 atom stereocenters. The molecule has 3 aromatic rings. The Labute approximate surface area is 159 Å². The first-order valence-corrected chi connectivity index (χ1v) is 9.51. The molecule has 0 saturated carbocycles. The molecule has 6 nitrogen and oxygen atoms in total. The number of amides is 2. The maximum Gasteiger partial charge on any atom is 0.273 e. The number of likely N-dealkylation sites (N-methyl/N-ethyl adjacent to an activating group) is 1. The van der Waals surface area contributed by atoms with E-state index in [2.05, 4.69) is 10.3 Å². The molecule has 2 heterocycles. The van der Waals surface area contributed by atoms with Crippen LogP contribution in [-0.2, 0) is 4.79 Å². The minimum absolute atomic E-state index is 0.0588. The number of carbonyl (C=O) groups excluding carboxylic acids is 2. The van der Waals surface area contributed by atoms with Crippen molar-refractivity contribution in [3.63, 3.8) is 0 Å². The first-order valence-electron chi connectivity index (χ1n) is 7.75. The molecule has 0 saturated heterocycles. The van der Waals surface area contributed by atoms with Gasteiger partial charge in [0.05, 0.1) is 18.5 Å². The number of nitrogens with one attached hydrogen (secondary N) is 1. The van der Waals surface area contributed by atoms with Gasteiger partial charge < -0.3 is 15.0 Å². The van der Waals surface area contributed by atoms with E-state index in [4.69, 9.17) is 4.74 Å². The molecule has 134 valence electrons. The molecule has 26 heavy (non-hydrogen) atoms. The van der Waals surface area contributed by atoms with Gasteiger partial charge in [-0.15, -0.1) is 22.7 Å². The predicted octanol–water partition coefficient (Wildman–Crippen LogP) is 3.59. The van der Waals surface area contributed by atoms with Gasteiger partial charge in [-0.2, -0.15) is 0 Å². The molecular weight excluding hydrogens is 370 g/mol. The summed E-state index contributed by atoms with van der Waals surface area (Å²) in [6.45, 7) is -0.0588. The van der Waals surface area contributed by atoms with E-state index in [1.54, 1.807) is 55.1 Å². The maximum absolute atomic E-state index is 12.5. The Kier molecular flexibility index (Phi) is 5.65. The van der Waals surface area contributed by atoms with Crippen LogP contribution in [0.1, 0.15) is 10.5 Å². The molecule has 0 aliphatic heterocycles. The van der Waals surface area contributed by atoms with Crippen LogP contribution in [0.15, 0.2) is 47.2 Å². The Bertz CT molecular complexity index is 889. The monoisotopic (exact) mass is 387 g/mol. The zero-order valence-electron chi connectivity index (χ0n) is 14.3. The van der Waals surface area contributed by atoms with Gasteiger partial charge in [-0.1, -0.05) is 6.07 Å². The molecule has 0 fully saturated rings. The fraction of sp³-hybridized carbons (Fsp3) is 0.167. The van der Waals surface area contributed by atoms with Gasteiger partial charge in [0.2, 0.25) is 5.91 Å². The van der Waals surface area contributed by atoms with Crippen molar-refractivity contribution in [2.45, 2.75) is 0 Å². The summed E-state index contributed by atoms with van der Waals surface area (Å²) in [5.74, 6) is 0.147. The summed E-state index contributed by atoms with van der Waals surface area (Å²) in [6.07, 6.45) is 0. The Morgan fingerprint density at radius 2 is 1.96 bits per heavy atom. The number of benzene rings is 1. The quantitative estimate of drug-likeness (QED) is 0.702. The molecule has 0 aliphatic rings. The van der Waals surface area contributed by atoms with E-state index in [0.717, 1.165) is 9.88 Å². The van der Waals surface area contributed by atoms with Crippen LogP contribution in [0.25, 0.3) is 9.88 Å². The highest BCUT2D eigenvalue weighted by atomic mass is 32.1. The normalized spacial score (nSPS) is 10.4. The third-order valence-corrected chi connectivity index (χ3v) is 5.44. The number of rotatable bonds is 6. The first-order chi connectivity index (χ1) is 12.6. The average Bonchev–Trinajstić information content (AvgIpc) is 3.33. The van der Waals surface area contributed by atoms with E-state index < -0.39 is 0 Å². The predicted molar refractivity (Wildman–Crippen MR) is 104 cm³/mol. The lowest BCUT2D eigenvalue weighted by molar-refractivity contribution is -0.116. The first kappa shape index (κ1) is 18.1. The van der Waals surface area contributed by atoms with E-state index in [1.165, 1.54) is 16.2 Å². The minimum Gasteiger partial charge on any atom is -0.497 e. The van der Waals surface area contributed by atoms with Gasteiger partial charge >= 0.3 is 0 Å². The fourth-order valence-corrected chi connectivity index (χ4v) is 3.85. The molecule has 2 aromatic heterocycles. The fourth-order valence-electron chi connectivity index (χ4n) is 2.24. The minimum atomic E-state index is -0.283. The van der Waals surface area contributed by atoms with E-state index in [0.29, 0.717) is 17.1 Å². The van der Waals surface area contributed by atoms with Crippen LogP contribution in [0.2, 0.25) is 0 Å². The molecular formula is C18H17N3O3S2. The molecule has 3 rings (SSSR count). The van der Waals surface area contributed by atoms with Gasteiger partial charge in [0.15, 0.2) is 0 Å². The van der Waals surface area contributed by atoms with Crippen molar-refractivity contribution < 1.29 is 14.3 Å². The second kappa shape index (κ2) is 8.11. The number of anilines is 1. The molecule has 0 bridgehead atoms. The number of methoxy groups -OCH3 is 1. The third kappa shape index (κ3) is 4.27. The van der Waals surface area contributed by atoms with Crippen LogP contribution < -0.4 is 10.1 Å². The van der Waals surface area contributed by atoms with Crippen LogP contribution >= 0.6 is 22.7 Å². The topological polar surface area (TPSA) is 71.5 Å². The maximum atomic E-state index is 12.5. The summed E-state index contributed by atoms with van der Waals surface area (Å²) in [6, 6.07) is 10.9. The standard InChI is InChI=1S/C18H17N3O3S2/c1-21(10-16(22)19-12-5-7-13(24-2)8-6-12)18(23)14-11-26-17(20-14)15-4-3-9-25-15/h3-9,11H,10H2,1-2H3,(H,19,22). The zero-order valence-corrected chi connectivity index (χ0v) is 15.9. The molecule has 0 unspecified atom stereocenters. The SMILES string of the molecule is COc1ccc(NC(=O)CN(C)C(=O)c2csc(-c3cccs3)n2)cc1. The number of hydrogen-bond donors (Lipinski definition) is 1. The lowest BCUT2D eigenvalue weighted by atomic mass is 10.3. The molecule has 1 aromatic carbocycles. The van der Waals surface area contributed by atoms with Gasteiger partial charge in [0.25, 0.3) is 5.91 Å². The van der Waals surface area contributed by atoms with Crippen LogP contribution in [0, 0.1) is 0 Å². The Balaban J connectivity index is 1.59. The van der Waals surface area contributed by atoms with E-state index >= 15 is 0 Å². The Hall–Kier alpha value is -2.71. The van der Waals surface area contributed by atoms with Crippen LogP contribution in [-0.4, -0.2) is 42.4 Å². The van der Waals surface area contributed by atoms with Crippen LogP contribution in [0.4, 0.5) is 5.69 Å². The second-order valence-electron chi connectivity index (χ2n) is 5.45. The highest BCUT2D eigenvalue weighted by Gasteiger charge is 2.18. The lowest BCUT2D eigenvalue weighted by Gasteiger charge is -2.15. The summed E-state index contributed by atoms with van der Waals surface area (Å²) in [5.41, 5.74) is 0.989. The number of nitrogens with zero attached hydrogens (tertiary/aromatic N) is 2. The van der Waals surface area contributed by atoms with E-state index in [-0.39, 0.29) is 18.4 Å².